The van der Waals surface area contributed by atoms with E-state index in [9.17, 15) is 0 Å². The molecule has 1 N–H and O–H groups in total. The Labute approximate surface area is 84.9 Å². The van der Waals surface area contributed by atoms with Crippen LogP contribution in [0.1, 0.15) is 17.8 Å². The van der Waals surface area contributed by atoms with Crippen molar-refractivity contribution in [3.63, 3.8) is 0 Å². The Morgan fingerprint density at radius 3 is 3.21 bits per heavy atom. The largest absolute Gasteiger partial charge is 0.311 e. The first-order valence-electron chi connectivity index (χ1n) is 5.17. The molecule has 0 saturated heterocycles. The van der Waals surface area contributed by atoms with Gasteiger partial charge in [0.2, 0.25) is 0 Å². The molecule has 0 saturated carbocycles. The van der Waals surface area contributed by atoms with Crippen molar-refractivity contribution in [2.45, 2.75) is 26.1 Å². The third kappa shape index (κ3) is 2.13. The van der Waals surface area contributed by atoms with E-state index in [-0.39, 0.29) is 0 Å². The second-order valence-corrected chi connectivity index (χ2v) is 4.12. The van der Waals surface area contributed by atoms with Gasteiger partial charge in [0.25, 0.3) is 0 Å². The maximum Gasteiger partial charge on any atom is 0.0767 e. The van der Waals surface area contributed by atoms with E-state index in [1.54, 1.807) is 0 Å². The van der Waals surface area contributed by atoms with Crippen LogP contribution in [0.4, 0.5) is 0 Å². The fourth-order valence-electron chi connectivity index (χ4n) is 1.82. The van der Waals surface area contributed by atoms with Gasteiger partial charge in [0.05, 0.1) is 11.4 Å². The number of hydrogen-bond acceptors (Lipinski definition) is 3. The van der Waals surface area contributed by atoms with E-state index in [1.807, 2.05) is 0 Å². The summed E-state index contributed by atoms with van der Waals surface area (Å²) in [7, 11) is 4.14. The van der Waals surface area contributed by atoms with Crippen molar-refractivity contribution in [1.82, 2.24) is 20.0 Å². The van der Waals surface area contributed by atoms with Crippen molar-refractivity contribution in [2.24, 2.45) is 0 Å². The lowest BCUT2D eigenvalue weighted by atomic mass is 10.3. The first kappa shape index (κ1) is 9.68. The molecule has 1 aromatic rings. The Balaban J connectivity index is 2.14. The van der Waals surface area contributed by atoms with E-state index >= 15 is 0 Å². The number of aryl methyl sites for hydroxylation is 1. The van der Waals surface area contributed by atoms with Gasteiger partial charge in [0, 0.05) is 19.6 Å². The summed E-state index contributed by atoms with van der Waals surface area (Å²) in [5.74, 6) is 0. The summed E-state index contributed by atoms with van der Waals surface area (Å²) in [6.45, 7) is 4.04. The Kier molecular flexibility index (Phi) is 2.84. The van der Waals surface area contributed by atoms with Crippen LogP contribution in [0.15, 0.2) is 6.07 Å². The maximum atomic E-state index is 4.59. The van der Waals surface area contributed by atoms with Crippen molar-refractivity contribution in [3.8, 4) is 0 Å². The molecule has 4 heteroatoms. The fraction of sp³-hybridized carbons (Fsp3) is 0.700. The second-order valence-electron chi connectivity index (χ2n) is 4.12. The van der Waals surface area contributed by atoms with Gasteiger partial charge >= 0.3 is 0 Å². The van der Waals surface area contributed by atoms with E-state index in [1.165, 1.54) is 17.8 Å². The normalized spacial score (nSPS) is 16.8. The highest BCUT2D eigenvalue weighted by atomic mass is 15.3. The molecule has 0 spiro atoms. The average Bonchev–Trinajstić information content (AvgIpc) is 2.34. The zero-order valence-corrected chi connectivity index (χ0v) is 8.95. The van der Waals surface area contributed by atoms with Gasteiger partial charge in [0.15, 0.2) is 0 Å². The number of fused-ring (bicyclic) bond motifs is 1. The van der Waals surface area contributed by atoms with E-state index in [2.05, 4.69) is 40.2 Å². The van der Waals surface area contributed by atoms with Crippen LogP contribution in [-0.2, 0) is 19.6 Å². The van der Waals surface area contributed by atoms with Gasteiger partial charge in [-0.25, -0.2) is 0 Å². The Morgan fingerprint density at radius 2 is 2.43 bits per heavy atom. The molecule has 0 radical (unpaired) electrons. The number of rotatable bonds is 2. The highest BCUT2D eigenvalue weighted by molar-refractivity contribution is 5.11. The molecule has 0 aliphatic carbocycles. The van der Waals surface area contributed by atoms with Crippen LogP contribution in [0, 0.1) is 0 Å². The van der Waals surface area contributed by atoms with Crippen molar-refractivity contribution in [2.75, 3.05) is 20.6 Å². The molecule has 0 unspecified atom stereocenters. The predicted molar refractivity (Wildman–Crippen MR) is 55.9 cm³/mol. The Hall–Kier alpha value is -0.870. The lowest BCUT2D eigenvalue weighted by molar-refractivity contribution is 0.393. The molecule has 0 amide bonds. The van der Waals surface area contributed by atoms with Gasteiger partial charge < -0.3 is 10.2 Å². The van der Waals surface area contributed by atoms with E-state index in [0.717, 1.165) is 26.2 Å². The highest BCUT2D eigenvalue weighted by Gasteiger charge is 2.10. The van der Waals surface area contributed by atoms with Gasteiger partial charge in [-0.05, 0) is 33.1 Å². The van der Waals surface area contributed by atoms with Crippen LogP contribution in [0.5, 0.6) is 0 Å². The maximum absolute atomic E-state index is 4.59. The summed E-state index contributed by atoms with van der Waals surface area (Å²) >= 11 is 0. The number of nitrogens with one attached hydrogen (secondary N) is 1. The topological polar surface area (TPSA) is 33.1 Å². The first-order chi connectivity index (χ1) is 6.75. The van der Waals surface area contributed by atoms with Gasteiger partial charge in [-0.2, -0.15) is 5.10 Å². The van der Waals surface area contributed by atoms with Gasteiger partial charge in [-0.15, -0.1) is 0 Å². The number of aromatic nitrogens is 2. The first-order valence-corrected chi connectivity index (χ1v) is 5.17. The SMILES string of the molecule is CN(C)Cc1cc2n(n1)CCCNC2. The van der Waals surface area contributed by atoms with Crippen LogP contribution >= 0.6 is 0 Å². The Morgan fingerprint density at radius 1 is 1.57 bits per heavy atom. The monoisotopic (exact) mass is 194 g/mol. The van der Waals surface area contributed by atoms with Crippen molar-refractivity contribution in [3.05, 3.63) is 17.5 Å². The quantitative estimate of drug-likeness (QED) is 0.741. The van der Waals surface area contributed by atoms with Crippen molar-refractivity contribution < 1.29 is 0 Å². The number of nitrogens with zero attached hydrogens (tertiary/aromatic N) is 3. The summed E-state index contributed by atoms with van der Waals surface area (Å²) in [5, 5.41) is 7.98. The minimum atomic E-state index is 0.931. The number of hydrogen-bond donors (Lipinski definition) is 1. The van der Waals surface area contributed by atoms with Crippen LogP contribution in [0.2, 0.25) is 0 Å². The Bertz CT molecular complexity index is 280. The molecule has 14 heavy (non-hydrogen) atoms. The van der Waals surface area contributed by atoms with Crippen LogP contribution < -0.4 is 5.32 Å². The fourth-order valence-corrected chi connectivity index (χ4v) is 1.82. The van der Waals surface area contributed by atoms with Crippen LogP contribution in [0.3, 0.4) is 0 Å². The zero-order chi connectivity index (χ0) is 9.97. The molecule has 2 rings (SSSR count). The molecular weight excluding hydrogens is 176 g/mol. The summed E-state index contributed by atoms with van der Waals surface area (Å²) in [6, 6.07) is 2.21. The smallest absolute Gasteiger partial charge is 0.0767 e. The molecular formula is C10H18N4. The summed E-state index contributed by atoms with van der Waals surface area (Å²) in [5.41, 5.74) is 2.49. The summed E-state index contributed by atoms with van der Waals surface area (Å²) < 4.78 is 2.14. The highest BCUT2D eigenvalue weighted by Crippen LogP contribution is 2.09. The molecule has 1 aliphatic rings. The molecule has 0 aromatic carbocycles. The van der Waals surface area contributed by atoms with Crippen LogP contribution in [0.25, 0.3) is 0 Å². The second kappa shape index (κ2) is 4.11. The molecule has 0 fully saturated rings. The molecule has 0 atom stereocenters. The molecule has 2 heterocycles. The summed E-state index contributed by atoms with van der Waals surface area (Å²) in [4.78, 5) is 2.15. The van der Waals surface area contributed by atoms with Gasteiger partial charge in [-0.3, -0.25) is 4.68 Å². The van der Waals surface area contributed by atoms with Crippen LogP contribution in [-0.4, -0.2) is 35.3 Å². The minimum Gasteiger partial charge on any atom is -0.311 e. The van der Waals surface area contributed by atoms with E-state index in [4.69, 9.17) is 0 Å². The average molecular weight is 194 g/mol. The minimum absolute atomic E-state index is 0.931. The zero-order valence-electron chi connectivity index (χ0n) is 8.95. The molecule has 4 nitrogen and oxygen atoms in total. The molecule has 1 aromatic heterocycles. The van der Waals surface area contributed by atoms with Crippen molar-refractivity contribution >= 4 is 0 Å². The van der Waals surface area contributed by atoms with Crippen molar-refractivity contribution in [1.29, 1.82) is 0 Å². The molecule has 1 aliphatic heterocycles. The third-order valence-corrected chi connectivity index (χ3v) is 2.42. The summed E-state index contributed by atoms with van der Waals surface area (Å²) in [6.07, 6.45) is 1.18. The molecule has 0 bridgehead atoms. The predicted octanol–water partition coefficient (Wildman–Crippen LogP) is 0.438. The van der Waals surface area contributed by atoms with E-state index < -0.39 is 0 Å². The molecule has 78 valence electrons. The lowest BCUT2D eigenvalue weighted by Gasteiger charge is -2.05. The van der Waals surface area contributed by atoms with Gasteiger partial charge in [0.1, 0.15) is 0 Å². The van der Waals surface area contributed by atoms with Gasteiger partial charge in [-0.1, -0.05) is 0 Å². The van der Waals surface area contributed by atoms with E-state index in [0.29, 0.717) is 0 Å². The standard InChI is InChI=1S/C10H18N4/c1-13(2)8-9-6-10-7-11-4-3-5-14(10)12-9/h6,11H,3-5,7-8H2,1-2H3. The third-order valence-electron chi connectivity index (χ3n) is 2.42. The lowest BCUT2D eigenvalue weighted by Crippen LogP contribution is -2.12.